The van der Waals surface area contributed by atoms with Crippen molar-refractivity contribution in [2.75, 3.05) is 0 Å². The number of aliphatic hydroxyl groups excluding tert-OH is 1. The maximum Gasteiger partial charge on any atom is 0.253 e. The number of imide groups is 1. The number of amides is 2. The number of carbonyl (C=O) groups is 2. The molecule has 1 saturated carbocycles. The molecule has 2 aliphatic rings. The summed E-state index contributed by atoms with van der Waals surface area (Å²) in [5, 5.41) is 9.44. The van der Waals surface area contributed by atoms with Gasteiger partial charge < -0.3 is 5.11 Å². The van der Waals surface area contributed by atoms with E-state index in [2.05, 4.69) is 0 Å². The van der Waals surface area contributed by atoms with Crippen LogP contribution in [0.15, 0.2) is 12.2 Å². The maximum atomic E-state index is 11.3. The summed E-state index contributed by atoms with van der Waals surface area (Å²) in [5.41, 5.74) is 0. The highest BCUT2D eigenvalue weighted by molar-refractivity contribution is 6.13. The van der Waals surface area contributed by atoms with Crippen molar-refractivity contribution in [1.29, 1.82) is 0 Å². The van der Waals surface area contributed by atoms with Gasteiger partial charge in [0.15, 0.2) is 0 Å². The van der Waals surface area contributed by atoms with Gasteiger partial charge in [-0.3, -0.25) is 14.5 Å². The minimum atomic E-state index is -0.366. The zero-order chi connectivity index (χ0) is 10.1. The van der Waals surface area contributed by atoms with Crippen molar-refractivity contribution in [2.45, 2.75) is 37.8 Å². The second kappa shape index (κ2) is 3.53. The van der Waals surface area contributed by atoms with E-state index in [4.69, 9.17) is 0 Å². The molecule has 0 aromatic heterocycles. The smallest absolute Gasteiger partial charge is 0.253 e. The fourth-order valence-corrected chi connectivity index (χ4v) is 2.15. The highest BCUT2D eigenvalue weighted by atomic mass is 16.3. The van der Waals surface area contributed by atoms with Gasteiger partial charge in [0.2, 0.25) is 0 Å². The second-order valence-corrected chi connectivity index (χ2v) is 3.85. The van der Waals surface area contributed by atoms with Crippen molar-refractivity contribution in [3.63, 3.8) is 0 Å². The zero-order valence-corrected chi connectivity index (χ0v) is 7.85. The van der Waals surface area contributed by atoms with Crippen molar-refractivity contribution in [2.24, 2.45) is 0 Å². The van der Waals surface area contributed by atoms with Crippen molar-refractivity contribution < 1.29 is 14.7 Å². The van der Waals surface area contributed by atoms with Crippen LogP contribution in [0.4, 0.5) is 0 Å². The van der Waals surface area contributed by atoms with Crippen LogP contribution in [0.2, 0.25) is 0 Å². The molecule has 2 atom stereocenters. The van der Waals surface area contributed by atoms with E-state index in [1.807, 2.05) is 0 Å². The van der Waals surface area contributed by atoms with Crippen LogP contribution in [-0.2, 0) is 9.59 Å². The fourth-order valence-electron chi connectivity index (χ4n) is 2.15. The Bertz CT molecular complexity index is 280. The number of hydrogen-bond donors (Lipinski definition) is 1. The molecule has 0 bridgehead atoms. The third-order valence-corrected chi connectivity index (χ3v) is 2.83. The average Bonchev–Trinajstić information content (AvgIpc) is 2.46. The molecule has 1 N–H and O–H groups in total. The third kappa shape index (κ3) is 1.57. The van der Waals surface area contributed by atoms with Crippen molar-refractivity contribution >= 4 is 11.8 Å². The molecule has 4 heteroatoms. The van der Waals surface area contributed by atoms with Crippen molar-refractivity contribution in [3.8, 4) is 0 Å². The van der Waals surface area contributed by atoms with E-state index >= 15 is 0 Å². The SMILES string of the molecule is O=C1C=CC(=O)N1C1CCCC(O)C1. The lowest BCUT2D eigenvalue weighted by molar-refractivity contribution is -0.140. The van der Waals surface area contributed by atoms with E-state index in [-0.39, 0.29) is 24.0 Å². The van der Waals surface area contributed by atoms with E-state index in [9.17, 15) is 14.7 Å². The lowest BCUT2D eigenvalue weighted by Gasteiger charge is -2.31. The van der Waals surface area contributed by atoms with Crippen LogP contribution in [0.1, 0.15) is 25.7 Å². The normalized spacial score (nSPS) is 32.8. The fraction of sp³-hybridized carbons (Fsp3) is 0.600. The second-order valence-electron chi connectivity index (χ2n) is 3.85. The van der Waals surface area contributed by atoms with E-state index in [1.165, 1.54) is 17.1 Å². The van der Waals surface area contributed by atoms with Gasteiger partial charge in [-0.1, -0.05) is 0 Å². The molecule has 0 spiro atoms. The largest absolute Gasteiger partial charge is 0.393 e. The minimum absolute atomic E-state index is 0.103. The molecule has 1 aliphatic heterocycles. The van der Waals surface area contributed by atoms with E-state index in [0.29, 0.717) is 6.42 Å². The predicted octanol–water partition coefficient (Wildman–Crippen LogP) is 0.215. The lowest BCUT2D eigenvalue weighted by Crippen LogP contribution is -2.43. The summed E-state index contributed by atoms with van der Waals surface area (Å²) < 4.78 is 0. The highest BCUT2D eigenvalue weighted by Gasteiger charge is 2.33. The van der Waals surface area contributed by atoms with E-state index in [0.717, 1.165) is 19.3 Å². The van der Waals surface area contributed by atoms with Crippen LogP contribution in [-0.4, -0.2) is 34.0 Å². The van der Waals surface area contributed by atoms with Gasteiger partial charge >= 0.3 is 0 Å². The summed E-state index contributed by atoms with van der Waals surface area (Å²) in [6.45, 7) is 0. The summed E-state index contributed by atoms with van der Waals surface area (Å²) in [6.07, 6.45) is 5.22. The van der Waals surface area contributed by atoms with Gasteiger partial charge in [-0.15, -0.1) is 0 Å². The van der Waals surface area contributed by atoms with Crippen LogP contribution in [0.25, 0.3) is 0 Å². The zero-order valence-electron chi connectivity index (χ0n) is 7.85. The quantitative estimate of drug-likeness (QED) is 0.609. The summed E-state index contributed by atoms with van der Waals surface area (Å²) in [6, 6.07) is -0.103. The molecule has 1 fully saturated rings. The van der Waals surface area contributed by atoms with Crippen LogP contribution in [0, 0.1) is 0 Å². The van der Waals surface area contributed by atoms with Gasteiger partial charge in [0, 0.05) is 18.2 Å². The van der Waals surface area contributed by atoms with Crippen molar-refractivity contribution in [1.82, 2.24) is 4.90 Å². The number of hydrogen-bond acceptors (Lipinski definition) is 3. The van der Waals surface area contributed by atoms with Crippen molar-refractivity contribution in [3.05, 3.63) is 12.2 Å². The van der Waals surface area contributed by atoms with Crippen LogP contribution in [0.5, 0.6) is 0 Å². The molecule has 0 saturated heterocycles. The first-order chi connectivity index (χ1) is 6.68. The Balaban J connectivity index is 2.07. The molecule has 4 nitrogen and oxygen atoms in total. The van der Waals surface area contributed by atoms with Gasteiger partial charge in [-0.05, 0) is 25.7 Å². The number of rotatable bonds is 1. The van der Waals surface area contributed by atoms with Gasteiger partial charge in [-0.2, -0.15) is 0 Å². The maximum absolute atomic E-state index is 11.3. The molecule has 1 heterocycles. The van der Waals surface area contributed by atoms with Gasteiger partial charge in [-0.25, -0.2) is 0 Å². The first kappa shape index (κ1) is 9.40. The Labute approximate surface area is 82.2 Å². The lowest BCUT2D eigenvalue weighted by atomic mass is 9.92. The first-order valence-electron chi connectivity index (χ1n) is 4.92. The average molecular weight is 195 g/mol. The molecule has 2 amide bonds. The summed E-state index contributed by atoms with van der Waals surface area (Å²) in [4.78, 5) is 23.9. The van der Waals surface area contributed by atoms with E-state index in [1.54, 1.807) is 0 Å². The molecular weight excluding hydrogens is 182 g/mol. The number of nitrogens with zero attached hydrogens (tertiary/aromatic N) is 1. The summed E-state index contributed by atoms with van der Waals surface area (Å²) in [7, 11) is 0. The number of carbonyl (C=O) groups excluding carboxylic acids is 2. The Morgan fingerprint density at radius 2 is 1.86 bits per heavy atom. The van der Waals surface area contributed by atoms with Gasteiger partial charge in [0.1, 0.15) is 0 Å². The Hall–Kier alpha value is -1.16. The van der Waals surface area contributed by atoms with Crippen LogP contribution >= 0.6 is 0 Å². The molecular formula is C10H13NO3. The topological polar surface area (TPSA) is 57.6 Å². The Morgan fingerprint density at radius 1 is 1.21 bits per heavy atom. The molecule has 76 valence electrons. The minimum Gasteiger partial charge on any atom is -0.393 e. The summed E-state index contributed by atoms with van der Waals surface area (Å²) in [5.74, 6) is -0.483. The first-order valence-corrected chi connectivity index (χ1v) is 4.92. The van der Waals surface area contributed by atoms with E-state index < -0.39 is 0 Å². The van der Waals surface area contributed by atoms with Crippen LogP contribution in [0.3, 0.4) is 0 Å². The molecule has 0 aromatic carbocycles. The predicted molar refractivity (Wildman–Crippen MR) is 49.3 cm³/mol. The molecule has 2 unspecified atom stereocenters. The Morgan fingerprint density at radius 3 is 2.43 bits per heavy atom. The van der Waals surface area contributed by atoms with Gasteiger partial charge in [0.25, 0.3) is 11.8 Å². The standard InChI is InChI=1S/C10H13NO3/c12-8-3-1-2-7(6-8)11-9(13)4-5-10(11)14/h4-5,7-8,12H,1-3,6H2. The number of aliphatic hydroxyl groups is 1. The van der Waals surface area contributed by atoms with Crippen LogP contribution < -0.4 is 0 Å². The molecule has 0 aromatic rings. The third-order valence-electron chi connectivity index (χ3n) is 2.83. The molecule has 1 aliphatic carbocycles. The Kier molecular flexibility index (Phi) is 2.37. The monoisotopic (exact) mass is 195 g/mol. The summed E-state index contributed by atoms with van der Waals surface area (Å²) >= 11 is 0. The molecule has 14 heavy (non-hydrogen) atoms. The molecule has 0 radical (unpaired) electrons. The highest BCUT2D eigenvalue weighted by Crippen LogP contribution is 2.25. The van der Waals surface area contributed by atoms with Gasteiger partial charge in [0.05, 0.1) is 6.10 Å². The molecule has 2 rings (SSSR count).